The minimum atomic E-state index is 0.654. The van der Waals surface area contributed by atoms with Gasteiger partial charge in [-0.15, -0.1) is 0 Å². The van der Waals surface area contributed by atoms with Crippen molar-refractivity contribution in [3.8, 4) is 0 Å². The molecular formula is C18H31B. The van der Waals surface area contributed by atoms with Crippen LogP contribution in [0.1, 0.15) is 72.1 Å². The summed E-state index contributed by atoms with van der Waals surface area (Å²) < 4.78 is 0. The fourth-order valence-electron chi connectivity index (χ4n) is 7.43. The monoisotopic (exact) mass is 258 g/mol. The van der Waals surface area contributed by atoms with Crippen LogP contribution < -0.4 is 0 Å². The van der Waals surface area contributed by atoms with Crippen LogP contribution in [0.5, 0.6) is 0 Å². The molecule has 4 bridgehead atoms. The summed E-state index contributed by atoms with van der Waals surface area (Å²) >= 11 is 0. The van der Waals surface area contributed by atoms with Gasteiger partial charge in [0.05, 0.1) is 0 Å². The number of hydrogen-bond acceptors (Lipinski definition) is 0. The van der Waals surface area contributed by atoms with Gasteiger partial charge in [0.1, 0.15) is 7.28 Å². The molecule has 106 valence electrons. The van der Waals surface area contributed by atoms with Gasteiger partial charge in [-0.1, -0.05) is 64.5 Å². The maximum atomic E-state index is 2.63. The van der Waals surface area contributed by atoms with Crippen molar-refractivity contribution in [1.29, 1.82) is 0 Å². The molecule has 0 amide bonds. The highest BCUT2D eigenvalue weighted by Crippen LogP contribution is 2.75. The Kier molecular flexibility index (Phi) is 2.72. The lowest BCUT2D eigenvalue weighted by Gasteiger charge is -2.72. The topological polar surface area (TPSA) is 0 Å². The molecule has 19 heavy (non-hydrogen) atoms. The van der Waals surface area contributed by atoms with Crippen LogP contribution in [0.15, 0.2) is 0 Å². The molecule has 3 saturated carbocycles. The summed E-state index contributed by atoms with van der Waals surface area (Å²) in [6.45, 7) is 7.85. The van der Waals surface area contributed by atoms with E-state index in [1.165, 1.54) is 19.3 Å². The minimum absolute atomic E-state index is 0.654. The van der Waals surface area contributed by atoms with Gasteiger partial charge in [0.25, 0.3) is 0 Å². The minimum Gasteiger partial charge on any atom is -0.0651 e. The van der Waals surface area contributed by atoms with Gasteiger partial charge in [0.15, 0.2) is 0 Å². The van der Waals surface area contributed by atoms with Crippen molar-refractivity contribution in [2.45, 2.75) is 83.8 Å². The van der Waals surface area contributed by atoms with Gasteiger partial charge in [-0.2, -0.15) is 0 Å². The second kappa shape index (κ2) is 4.04. The third kappa shape index (κ3) is 1.54. The zero-order chi connectivity index (χ0) is 13.3. The first-order chi connectivity index (χ1) is 9.04. The van der Waals surface area contributed by atoms with E-state index in [-0.39, 0.29) is 0 Å². The standard InChI is InChI=1S/C18H31B/c1-12-7-8-13-11-18(12,17(13,2)3)14-9-15-5-4-6-16(10-14)19-15/h12-16,19H,4-11H2,1-3H3/t12?,13?,14?,15-,16?,18?/m1/s1. The van der Waals surface area contributed by atoms with Gasteiger partial charge in [-0.3, -0.25) is 0 Å². The van der Waals surface area contributed by atoms with Crippen LogP contribution >= 0.6 is 0 Å². The third-order valence-electron chi connectivity index (χ3n) is 8.49. The maximum Gasteiger partial charge on any atom is 0.127 e. The van der Waals surface area contributed by atoms with Gasteiger partial charge >= 0.3 is 0 Å². The van der Waals surface area contributed by atoms with Gasteiger partial charge in [0, 0.05) is 0 Å². The molecule has 0 N–H and O–H groups in total. The molecule has 0 spiro atoms. The predicted molar refractivity (Wildman–Crippen MR) is 83.9 cm³/mol. The third-order valence-corrected chi connectivity index (χ3v) is 8.49. The Labute approximate surface area is 120 Å². The molecule has 0 aromatic carbocycles. The van der Waals surface area contributed by atoms with Crippen LogP contribution in [0, 0.1) is 28.6 Å². The van der Waals surface area contributed by atoms with E-state index in [4.69, 9.17) is 0 Å². The molecular weight excluding hydrogens is 227 g/mol. The summed E-state index contributed by atoms with van der Waals surface area (Å²) in [5.41, 5.74) is 1.39. The normalized spacial score (nSPS) is 55.0. The molecule has 6 atom stereocenters. The van der Waals surface area contributed by atoms with Crippen molar-refractivity contribution in [1.82, 2.24) is 0 Å². The zero-order valence-electron chi connectivity index (χ0n) is 13.3. The van der Waals surface area contributed by atoms with Crippen LogP contribution in [0.3, 0.4) is 0 Å². The van der Waals surface area contributed by atoms with Gasteiger partial charge < -0.3 is 0 Å². The molecule has 5 rings (SSSR count). The quantitative estimate of drug-likeness (QED) is 0.577. The lowest BCUT2D eigenvalue weighted by molar-refractivity contribution is -0.231. The van der Waals surface area contributed by atoms with Crippen molar-refractivity contribution in [2.24, 2.45) is 28.6 Å². The van der Waals surface area contributed by atoms with Crippen LogP contribution in [0.25, 0.3) is 0 Å². The Hall–Kier alpha value is 0.0649. The lowest BCUT2D eigenvalue weighted by atomic mass is 9.29. The highest BCUT2D eigenvalue weighted by Gasteiger charge is 2.67. The van der Waals surface area contributed by atoms with E-state index in [1.807, 2.05) is 0 Å². The van der Waals surface area contributed by atoms with E-state index in [0.717, 1.165) is 34.8 Å². The van der Waals surface area contributed by atoms with E-state index in [9.17, 15) is 0 Å². The smallest absolute Gasteiger partial charge is 0.0651 e. The second-order valence-corrected chi connectivity index (χ2v) is 9.21. The van der Waals surface area contributed by atoms with E-state index in [0.29, 0.717) is 5.41 Å². The van der Waals surface area contributed by atoms with E-state index in [1.54, 1.807) is 39.4 Å². The van der Waals surface area contributed by atoms with Crippen molar-refractivity contribution in [2.75, 3.05) is 0 Å². The number of fused-ring (bicyclic) bond motifs is 4. The van der Waals surface area contributed by atoms with E-state index >= 15 is 0 Å². The van der Waals surface area contributed by atoms with Crippen LogP contribution in [-0.2, 0) is 0 Å². The molecule has 5 aliphatic rings. The van der Waals surface area contributed by atoms with Crippen molar-refractivity contribution in [3.63, 3.8) is 0 Å². The number of rotatable bonds is 1. The molecule has 2 aliphatic heterocycles. The number of hydrogen-bond donors (Lipinski definition) is 0. The first kappa shape index (κ1) is 12.8. The Morgan fingerprint density at radius 2 is 1.58 bits per heavy atom. The Morgan fingerprint density at radius 3 is 2.16 bits per heavy atom. The highest BCUT2D eigenvalue weighted by molar-refractivity contribution is 6.40. The average molecular weight is 258 g/mol. The molecule has 5 unspecified atom stereocenters. The lowest BCUT2D eigenvalue weighted by Crippen LogP contribution is -2.65. The van der Waals surface area contributed by atoms with Gasteiger partial charge in [-0.05, 0) is 47.8 Å². The highest BCUT2D eigenvalue weighted by atomic mass is 14.7. The first-order valence-electron chi connectivity index (χ1n) is 9.04. The summed E-state index contributed by atoms with van der Waals surface area (Å²) in [7, 11) is 1.59. The van der Waals surface area contributed by atoms with Crippen LogP contribution in [-0.4, -0.2) is 7.28 Å². The first-order valence-corrected chi connectivity index (χ1v) is 9.04. The molecule has 5 fully saturated rings. The van der Waals surface area contributed by atoms with Crippen molar-refractivity contribution in [3.05, 3.63) is 0 Å². The molecule has 3 aliphatic carbocycles. The molecule has 0 aromatic heterocycles. The molecule has 0 radical (unpaired) electrons. The molecule has 0 aromatic rings. The summed E-state index contributed by atoms with van der Waals surface area (Å²) in [6.07, 6.45) is 12.5. The zero-order valence-corrected chi connectivity index (χ0v) is 13.3. The van der Waals surface area contributed by atoms with Gasteiger partial charge in [-0.25, -0.2) is 0 Å². The SMILES string of the molecule is CC1CCC2CC1(C1CC3B[C@H](CCC3)C1)C2(C)C. The Morgan fingerprint density at radius 1 is 0.895 bits per heavy atom. The molecule has 0 nitrogen and oxygen atoms in total. The van der Waals surface area contributed by atoms with Crippen LogP contribution in [0.4, 0.5) is 0 Å². The Bertz CT molecular complexity index is 362. The summed E-state index contributed by atoms with van der Waals surface area (Å²) in [6, 6.07) is 0. The fraction of sp³-hybridized carbons (Fsp3) is 1.00. The Balaban J connectivity index is 1.63. The molecule has 2 saturated heterocycles. The maximum absolute atomic E-state index is 2.63. The largest absolute Gasteiger partial charge is 0.127 e. The van der Waals surface area contributed by atoms with Crippen molar-refractivity contribution < 1.29 is 0 Å². The predicted octanol–water partition coefficient (Wildman–Crippen LogP) is 5.06. The average Bonchev–Trinajstić information content (AvgIpc) is 2.37. The van der Waals surface area contributed by atoms with Gasteiger partial charge in [0.2, 0.25) is 0 Å². The molecule has 1 heteroatoms. The van der Waals surface area contributed by atoms with E-state index in [2.05, 4.69) is 20.8 Å². The summed E-state index contributed by atoms with van der Waals surface area (Å²) in [5.74, 6) is 5.35. The summed E-state index contributed by atoms with van der Waals surface area (Å²) in [5, 5.41) is 0. The van der Waals surface area contributed by atoms with Crippen molar-refractivity contribution >= 4 is 7.28 Å². The van der Waals surface area contributed by atoms with E-state index < -0.39 is 0 Å². The second-order valence-electron chi connectivity index (χ2n) is 9.21. The van der Waals surface area contributed by atoms with Crippen LogP contribution in [0.2, 0.25) is 11.6 Å². The summed E-state index contributed by atoms with van der Waals surface area (Å²) in [4.78, 5) is 0. The fourth-order valence-corrected chi connectivity index (χ4v) is 7.43. The molecule has 2 heterocycles.